The summed E-state index contributed by atoms with van der Waals surface area (Å²) < 4.78 is 28.8. The molecule has 84 valence electrons. The second-order valence-corrected chi connectivity index (χ2v) is 5.30. The number of hydrogen-bond acceptors (Lipinski definition) is 4. The summed E-state index contributed by atoms with van der Waals surface area (Å²) in [5.41, 5.74) is 0. The van der Waals surface area contributed by atoms with Gasteiger partial charge in [-0.15, -0.1) is 0 Å². The van der Waals surface area contributed by atoms with Gasteiger partial charge < -0.3 is 4.48 Å². The molecular weight excluding hydrogens is 208 g/mol. The minimum atomic E-state index is -3.91. The lowest BCUT2D eigenvalue weighted by Gasteiger charge is -2.23. The smallest absolute Gasteiger partial charge is 0.329 e. The molecule has 0 aliphatic carbocycles. The molecule has 14 heavy (non-hydrogen) atoms. The molecule has 0 aromatic rings. The summed E-state index contributed by atoms with van der Waals surface area (Å²) in [6.07, 6.45) is 0. The first-order chi connectivity index (χ1) is 6.12. The summed E-state index contributed by atoms with van der Waals surface area (Å²) >= 11 is 0. The van der Waals surface area contributed by atoms with Crippen LogP contribution < -0.4 is 4.72 Å². The topological polar surface area (TPSA) is 72.5 Å². The molecule has 0 rings (SSSR count). The zero-order valence-corrected chi connectivity index (χ0v) is 9.72. The molecule has 0 bridgehead atoms. The maximum absolute atomic E-state index is 11.0. The standard InChI is InChI=1S/C7H16N2O4S/c1-7(10)8-14(11,12)13-6-5-9(2,3)4/h5-6H2,1-4H3/p+1. The molecule has 1 amide bonds. The maximum Gasteiger partial charge on any atom is 0.362 e. The van der Waals surface area contributed by atoms with Gasteiger partial charge >= 0.3 is 10.3 Å². The van der Waals surface area contributed by atoms with Crippen molar-refractivity contribution in [2.75, 3.05) is 34.3 Å². The van der Waals surface area contributed by atoms with Crippen molar-refractivity contribution in [3.8, 4) is 0 Å². The van der Waals surface area contributed by atoms with Crippen LogP contribution in [0.25, 0.3) is 0 Å². The number of amides is 1. The second kappa shape index (κ2) is 4.72. The van der Waals surface area contributed by atoms with Crippen LogP contribution in [0.3, 0.4) is 0 Å². The molecule has 0 aromatic carbocycles. The zero-order valence-electron chi connectivity index (χ0n) is 8.90. The minimum absolute atomic E-state index is 0.0477. The van der Waals surface area contributed by atoms with Crippen molar-refractivity contribution < 1.29 is 21.9 Å². The fraction of sp³-hybridized carbons (Fsp3) is 0.857. The van der Waals surface area contributed by atoms with E-state index in [9.17, 15) is 13.2 Å². The number of hydrogen-bond donors (Lipinski definition) is 1. The monoisotopic (exact) mass is 225 g/mol. The molecule has 0 unspecified atom stereocenters. The van der Waals surface area contributed by atoms with Gasteiger partial charge in [0.15, 0.2) is 0 Å². The lowest BCUT2D eigenvalue weighted by Crippen LogP contribution is -2.39. The number of carbonyl (C=O) groups is 1. The Morgan fingerprint density at radius 3 is 2.21 bits per heavy atom. The summed E-state index contributed by atoms with van der Waals surface area (Å²) in [6, 6.07) is 0. The maximum atomic E-state index is 11.0. The van der Waals surface area contributed by atoms with Gasteiger partial charge in [-0.3, -0.25) is 4.79 Å². The molecule has 0 radical (unpaired) electrons. The van der Waals surface area contributed by atoms with Crippen LogP contribution in [-0.2, 0) is 19.3 Å². The number of quaternary nitrogens is 1. The predicted octanol–water partition coefficient (Wildman–Crippen LogP) is -0.910. The first kappa shape index (κ1) is 13.3. The molecule has 0 spiro atoms. The summed E-state index contributed by atoms with van der Waals surface area (Å²) in [5.74, 6) is -0.657. The Bertz CT molecular complexity index is 291. The Kier molecular flexibility index (Phi) is 4.50. The average molecular weight is 225 g/mol. The normalized spacial score (nSPS) is 12.6. The first-order valence-electron chi connectivity index (χ1n) is 4.10. The molecule has 7 heteroatoms. The van der Waals surface area contributed by atoms with Gasteiger partial charge in [-0.05, 0) is 0 Å². The van der Waals surface area contributed by atoms with Crippen LogP contribution in [0.4, 0.5) is 0 Å². The summed E-state index contributed by atoms with van der Waals surface area (Å²) in [7, 11) is 1.82. The molecule has 0 saturated heterocycles. The number of carbonyl (C=O) groups excluding carboxylic acids is 1. The molecule has 0 aliphatic heterocycles. The van der Waals surface area contributed by atoms with Gasteiger partial charge in [-0.1, -0.05) is 0 Å². The first-order valence-corrected chi connectivity index (χ1v) is 5.51. The number of nitrogens with one attached hydrogen (secondary N) is 1. The molecular formula is C7H17N2O4S+. The summed E-state index contributed by atoms with van der Waals surface area (Å²) in [4.78, 5) is 10.4. The van der Waals surface area contributed by atoms with Crippen molar-refractivity contribution in [1.82, 2.24) is 4.72 Å². The Balaban J connectivity index is 3.96. The third-order valence-corrected chi connectivity index (χ3v) is 2.28. The molecule has 0 aromatic heterocycles. The SMILES string of the molecule is CC(=O)NS(=O)(=O)OCC[N+](C)(C)C. The molecule has 0 atom stereocenters. The fourth-order valence-corrected chi connectivity index (χ4v) is 1.33. The molecule has 1 N–H and O–H groups in total. The third-order valence-electron chi connectivity index (χ3n) is 1.27. The minimum Gasteiger partial charge on any atom is -0.329 e. The number of likely N-dealkylation sites (N-methyl/N-ethyl adjacent to an activating group) is 1. The van der Waals surface area contributed by atoms with E-state index in [1.54, 1.807) is 4.72 Å². The lowest BCUT2D eigenvalue weighted by molar-refractivity contribution is -0.870. The highest BCUT2D eigenvalue weighted by Crippen LogP contribution is 1.93. The van der Waals surface area contributed by atoms with Gasteiger partial charge in [0.05, 0.1) is 21.1 Å². The Labute approximate surface area is 84.7 Å². The van der Waals surface area contributed by atoms with Crippen molar-refractivity contribution in [3.63, 3.8) is 0 Å². The molecule has 0 fully saturated rings. The third kappa shape index (κ3) is 7.96. The predicted molar refractivity (Wildman–Crippen MR) is 51.6 cm³/mol. The molecule has 0 heterocycles. The van der Waals surface area contributed by atoms with Gasteiger partial charge in [0.25, 0.3) is 0 Å². The van der Waals surface area contributed by atoms with Gasteiger partial charge in [0.1, 0.15) is 13.2 Å². The molecule has 6 nitrogen and oxygen atoms in total. The largest absolute Gasteiger partial charge is 0.362 e. The molecule has 0 aliphatic rings. The van der Waals surface area contributed by atoms with Gasteiger partial charge in [-0.25, -0.2) is 8.91 Å². The van der Waals surface area contributed by atoms with Crippen LogP contribution in [0.2, 0.25) is 0 Å². The van der Waals surface area contributed by atoms with Gasteiger partial charge in [0, 0.05) is 6.92 Å². The number of nitrogens with zero attached hydrogens (tertiary/aromatic N) is 1. The highest BCUT2D eigenvalue weighted by atomic mass is 32.2. The van der Waals surface area contributed by atoms with Gasteiger partial charge in [-0.2, -0.15) is 8.42 Å². The average Bonchev–Trinajstić information content (AvgIpc) is 1.78. The van der Waals surface area contributed by atoms with Crippen molar-refractivity contribution in [1.29, 1.82) is 0 Å². The van der Waals surface area contributed by atoms with Crippen LogP contribution in [0.1, 0.15) is 6.92 Å². The fourth-order valence-electron chi connectivity index (χ4n) is 0.626. The van der Waals surface area contributed by atoms with E-state index in [1.807, 2.05) is 21.1 Å². The van der Waals surface area contributed by atoms with E-state index < -0.39 is 16.2 Å². The summed E-state index contributed by atoms with van der Waals surface area (Å²) in [5, 5.41) is 0. The number of rotatable bonds is 5. The Morgan fingerprint density at radius 2 is 1.86 bits per heavy atom. The Hall–Kier alpha value is -0.660. The van der Waals surface area contributed by atoms with E-state index in [1.165, 1.54) is 0 Å². The summed E-state index contributed by atoms with van der Waals surface area (Å²) in [6.45, 7) is 1.70. The Morgan fingerprint density at radius 1 is 1.36 bits per heavy atom. The van der Waals surface area contributed by atoms with Crippen molar-refractivity contribution in [3.05, 3.63) is 0 Å². The quantitative estimate of drug-likeness (QED) is 0.615. The van der Waals surface area contributed by atoms with Gasteiger partial charge in [0.2, 0.25) is 5.91 Å². The highest BCUT2D eigenvalue weighted by molar-refractivity contribution is 7.85. The van der Waals surface area contributed by atoms with Crippen LogP contribution >= 0.6 is 0 Å². The highest BCUT2D eigenvalue weighted by Gasteiger charge is 2.14. The van der Waals surface area contributed by atoms with Crippen LogP contribution in [0.15, 0.2) is 0 Å². The van der Waals surface area contributed by atoms with Crippen LogP contribution in [-0.4, -0.2) is 53.1 Å². The zero-order chi connectivity index (χ0) is 11.4. The van der Waals surface area contributed by atoms with Crippen LogP contribution in [0, 0.1) is 0 Å². The van der Waals surface area contributed by atoms with Crippen LogP contribution in [0.5, 0.6) is 0 Å². The van der Waals surface area contributed by atoms with Crippen molar-refractivity contribution >= 4 is 16.2 Å². The van der Waals surface area contributed by atoms with E-state index in [-0.39, 0.29) is 6.61 Å². The second-order valence-electron chi connectivity index (χ2n) is 3.95. The van der Waals surface area contributed by atoms with E-state index in [4.69, 9.17) is 0 Å². The van der Waals surface area contributed by atoms with E-state index in [0.717, 1.165) is 6.92 Å². The van der Waals surface area contributed by atoms with E-state index in [0.29, 0.717) is 11.0 Å². The lowest BCUT2D eigenvalue weighted by atomic mass is 10.5. The van der Waals surface area contributed by atoms with E-state index >= 15 is 0 Å². The van der Waals surface area contributed by atoms with Crippen molar-refractivity contribution in [2.24, 2.45) is 0 Å². The molecule has 0 saturated carbocycles. The van der Waals surface area contributed by atoms with E-state index in [2.05, 4.69) is 4.18 Å². The van der Waals surface area contributed by atoms with Crippen molar-refractivity contribution in [2.45, 2.75) is 6.92 Å².